The summed E-state index contributed by atoms with van der Waals surface area (Å²) in [6, 6.07) is 42.9. The molecule has 5 rings (SSSR count). The Morgan fingerprint density at radius 3 is 1.58 bits per heavy atom. The fourth-order valence-corrected chi connectivity index (χ4v) is 7.47. The van der Waals surface area contributed by atoms with Crippen LogP contribution in [0.15, 0.2) is 133 Å². The van der Waals surface area contributed by atoms with E-state index >= 15 is 4.57 Å². The first-order chi connectivity index (χ1) is 17.6. The van der Waals surface area contributed by atoms with E-state index in [1.807, 2.05) is 133 Å². The molecule has 0 aromatic heterocycles. The van der Waals surface area contributed by atoms with Gasteiger partial charge in [-0.2, -0.15) is 0 Å². The van der Waals surface area contributed by atoms with Crippen LogP contribution in [0.4, 0.5) is 0 Å². The molecular formula is C32H23Cl2OP. The maximum atomic E-state index is 15.3. The Bertz CT molecular complexity index is 1500. The van der Waals surface area contributed by atoms with Gasteiger partial charge in [0.2, 0.25) is 0 Å². The molecule has 0 aliphatic heterocycles. The van der Waals surface area contributed by atoms with Crippen LogP contribution in [0.1, 0.15) is 16.7 Å². The van der Waals surface area contributed by atoms with Gasteiger partial charge in [-0.05, 0) is 52.6 Å². The predicted molar refractivity (Wildman–Crippen MR) is 156 cm³/mol. The first-order valence-electron chi connectivity index (χ1n) is 11.6. The molecule has 0 bridgehead atoms. The van der Waals surface area contributed by atoms with Crippen LogP contribution in [-0.2, 0) is 4.57 Å². The van der Waals surface area contributed by atoms with Crippen molar-refractivity contribution < 1.29 is 4.57 Å². The van der Waals surface area contributed by atoms with Gasteiger partial charge in [-0.25, -0.2) is 0 Å². The minimum atomic E-state index is -3.20. The zero-order valence-corrected chi connectivity index (χ0v) is 21.8. The Labute approximate surface area is 222 Å². The smallest absolute Gasteiger partial charge is 0.171 e. The van der Waals surface area contributed by atoms with Crippen LogP contribution in [0.2, 0.25) is 10.0 Å². The van der Waals surface area contributed by atoms with E-state index in [2.05, 4.69) is 6.08 Å². The molecule has 1 nitrogen and oxygen atoms in total. The van der Waals surface area contributed by atoms with Gasteiger partial charge in [0.1, 0.15) is 0 Å². The summed E-state index contributed by atoms with van der Waals surface area (Å²) >= 11 is 12.4. The summed E-state index contributed by atoms with van der Waals surface area (Å²) in [4.78, 5) is 0. The molecule has 0 saturated heterocycles. The molecule has 5 aromatic carbocycles. The lowest BCUT2D eigenvalue weighted by molar-refractivity contribution is 0.592. The molecular weight excluding hydrogens is 502 g/mol. The van der Waals surface area contributed by atoms with Gasteiger partial charge in [-0.1, -0.05) is 132 Å². The van der Waals surface area contributed by atoms with Crippen molar-refractivity contribution in [2.45, 2.75) is 0 Å². The Hall–Kier alpha value is -3.35. The van der Waals surface area contributed by atoms with Crippen LogP contribution in [0.25, 0.3) is 11.6 Å². The molecule has 0 aliphatic carbocycles. The summed E-state index contributed by atoms with van der Waals surface area (Å²) < 4.78 is 15.3. The summed E-state index contributed by atoms with van der Waals surface area (Å²) in [6.07, 6.45) is 2.11. The second-order valence-electron chi connectivity index (χ2n) is 8.41. The van der Waals surface area contributed by atoms with Gasteiger partial charge in [0.05, 0.1) is 0 Å². The molecule has 0 atom stereocenters. The molecule has 0 spiro atoms. The maximum absolute atomic E-state index is 15.3. The van der Waals surface area contributed by atoms with Gasteiger partial charge in [-0.15, -0.1) is 0 Å². The van der Waals surface area contributed by atoms with Crippen LogP contribution in [0.3, 0.4) is 0 Å². The molecule has 5 aromatic rings. The highest BCUT2D eigenvalue weighted by Crippen LogP contribution is 2.45. The van der Waals surface area contributed by atoms with Gasteiger partial charge in [0, 0.05) is 26.0 Å². The van der Waals surface area contributed by atoms with Crippen molar-refractivity contribution in [1.29, 1.82) is 0 Å². The van der Waals surface area contributed by atoms with Gasteiger partial charge >= 0.3 is 0 Å². The van der Waals surface area contributed by atoms with Crippen molar-refractivity contribution in [3.05, 3.63) is 160 Å². The quantitative estimate of drug-likeness (QED) is 0.161. The lowest BCUT2D eigenvalue weighted by Gasteiger charge is -2.24. The third-order valence-electron chi connectivity index (χ3n) is 6.11. The fraction of sp³-hybridized carbons (Fsp3) is 0. The van der Waals surface area contributed by atoms with E-state index in [4.69, 9.17) is 23.2 Å². The van der Waals surface area contributed by atoms with Crippen molar-refractivity contribution in [3.8, 4) is 0 Å². The van der Waals surface area contributed by atoms with Gasteiger partial charge < -0.3 is 4.57 Å². The van der Waals surface area contributed by atoms with Crippen LogP contribution in [-0.4, -0.2) is 0 Å². The van der Waals surface area contributed by atoms with E-state index in [-0.39, 0.29) is 0 Å². The van der Waals surface area contributed by atoms with E-state index in [0.29, 0.717) is 10.0 Å². The number of rotatable bonds is 6. The zero-order valence-electron chi connectivity index (χ0n) is 19.4. The lowest BCUT2D eigenvalue weighted by atomic mass is 9.95. The van der Waals surface area contributed by atoms with Crippen LogP contribution >= 0.6 is 30.3 Å². The van der Waals surface area contributed by atoms with Crippen molar-refractivity contribution in [2.75, 3.05) is 0 Å². The number of benzene rings is 5. The van der Waals surface area contributed by atoms with E-state index < -0.39 is 7.14 Å². The molecule has 0 N–H and O–H groups in total. The number of halogens is 2. The third kappa shape index (κ3) is 4.97. The molecule has 0 radical (unpaired) electrons. The van der Waals surface area contributed by atoms with E-state index in [1.54, 1.807) is 0 Å². The topological polar surface area (TPSA) is 17.1 Å². The van der Waals surface area contributed by atoms with E-state index in [9.17, 15) is 0 Å². The Morgan fingerprint density at radius 1 is 0.556 bits per heavy atom. The largest absolute Gasteiger partial charge is 0.309 e. The average Bonchev–Trinajstić information content (AvgIpc) is 2.94. The van der Waals surface area contributed by atoms with E-state index in [0.717, 1.165) is 38.2 Å². The van der Waals surface area contributed by atoms with Crippen molar-refractivity contribution in [2.24, 2.45) is 0 Å². The number of hydrogen-bond acceptors (Lipinski definition) is 1. The summed E-state index contributed by atoms with van der Waals surface area (Å²) in [5, 5.41) is 3.73. The van der Waals surface area contributed by atoms with E-state index in [1.165, 1.54) is 0 Å². The predicted octanol–water partition coefficient (Wildman–Crippen LogP) is 8.22. The lowest BCUT2D eigenvalue weighted by Crippen LogP contribution is -2.27. The molecule has 0 fully saturated rings. The highest BCUT2D eigenvalue weighted by Gasteiger charge is 2.32. The minimum absolute atomic E-state index is 0.664. The van der Waals surface area contributed by atoms with Crippen molar-refractivity contribution >= 4 is 57.9 Å². The van der Waals surface area contributed by atoms with Gasteiger partial charge in [0.25, 0.3) is 0 Å². The first kappa shape index (κ1) is 24.3. The molecule has 0 aliphatic rings. The van der Waals surface area contributed by atoms with Gasteiger partial charge in [-0.3, -0.25) is 0 Å². The summed E-state index contributed by atoms with van der Waals surface area (Å²) in [5.74, 6) is 0. The second-order valence-corrected chi connectivity index (χ2v) is 12.0. The highest BCUT2D eigenvalue weighted by molar-refractivity contribution is 7.85. The van der Waals surface area contributed by atoms with Crippen molar-refractivity contribution in [1.82, 2.24) is 0 Å². The Kier molecular flexibility index (Phi) is 7.25. The van der Waals surface area contributed by atoms with Gasteiger partial charge in [0.15, 0.2) is 7.14 Å². The van der Waals surface area contributed by atoms with Crippen LogP contribution in [0, 0.1) is 0 Å². The molecule has 4 heteroatoms. The summed E-state index contributed by atoms with van der Waals surface area (Å²) in [7, 11) is -3.20. The maximum Gasteiger partial charge on any atom is 0.171 e. The number of hydrogen-bond donors (Lipinski definition) is 0. The highest BCUT2D eigenvalue weighted by atomic mass is 35.5. The molecule has 176 valence electrons. The summed E-state index contributed by atoms with van der Waals surface area (Å²) in [5.41, 5.74) is 3.84. The van der Waals surface area contributed by atoms with Crippen molar-refractivity contribution in [3.63, 3.8) is 0 Å². The van der Waals surface area contributed by atoms with Crippen LogP contribution in [0.5, 0.6) is 0 Å². The monoisotopic (exact) mass is 524 g/mol. The second kappa shape index (κ2) is 10.7. The zero-order chi connectivity index (χ0) is 25.0. The molecule has 36 heavy (non-hydrogen) atoms. The first-order valence-corrected chi connectivity index (χ1v) is 14.1. The van der Waals surface area contributed by atoms with Crippen LogP contribution < -0.4 is 15.9 Å². The SMILES string of the molecule is O=P(c1ccccc1)(c1ccccc1)c1ccccc1/C(=C/c1ccc(Cl)cc1)c1ccc(Cl)cc1. The third-order valence-corrected chi connectivity index (χ3v) is 9.73. The minimum Gasteiger partial charge on any atom is -0.309 e. The average molecular weight is 525 g/mol. The Morgan fingerprint density at radius 2 is 1.03 bits per heavy atom. The molecule has 0 saturated carbocycles. The standard InChI is InChI=1S/C32H23Cl2OP/c33-26-19-15-24(16-20-26)23-31(25-17-21-27(34)22-18-25)30-13-7-8-14-32(30)36(35,28-9-3-1-4-10-28)29-11-5-2-6-12-29/h1-23H/b31-23+. The molecule has 0 heterocycles. The summed E-state index contributed by atoms with van der Waals surface area (Å²) in [6.45, 7) is 0. The molecule has 0 unspecified atom stereocenters. The Balaban J connectivity index is 1.80. The molecule has 0 amide bonds. The fourth-order valence-electron chi connectivity index (χ4n) is 4.35. The normalized spacial score (nSPS) is 11.9.